The Hall–Kier alpha value is -2.17. The highest BCUT2D eigenvalue weighted by Gasteiger charge is 2.19. The highest BCUT2D eigenvalue weighted by atomic mass is 32.2. The Kier molecular flexibility index (Phi) is 11.2. The number of nitro benzene ring substituents is 1. The Balaban J connectivity index is 0.000000362. The Morgan fingerprint density at radius 1 is 1.14 bits per heavy atom. The van der Waals surface area contributed by atoms with E-state index in [9.17, 15) is 24.0 Å². The first-order valence-corrected chi connectivity index (χ1v) is 9.89. The minimum Gasteiger partial charge on any atom is -0.760 e. The van der Waals surface area contributed by atoms with Gasteiger partial charge in [-0.1, -0.05) is 55.5 Å². The van der Waals surface area contributed by atoms with E-state index >= 15 is 0 Å². The summed E-state index contributed by atoms with van der Waals surface area (Å²) in [5.41, 5.74) is 7.08. The van der Waals surface area contributed by atoms with Gasteiger partial charge in [-0.25, -0.2) is 4.31 Å². The first-order chi connectivity index (χ1) is 13.3. The van der Waals surface area contributed by atoms with E-state index in [0.29, 0.717) is 19.4 Å². The number of aliphatic hydroxyl groups excluding tert-OH is 1. The number of para-hydroxylation sites is 1. The van der Waals surface area contributed by atoms with Crippen molar-refractivity contribution in [1.82, 2.24) is 4.31 Å². The Bertz CT molecular complexity index is 718. The summed E-state index contributed by atoms with van der Waals surface area (Å²) in [6, 6.07) is 17.0. The van der Waals surface area contributed by atoms with E-state index in [4.69, 9.17) is 5.73 Å². The zero-order valence-electron chi connectivity index (χ0n) is 15.7. The molecule has 0 aliphatic heterocycles. The van der Waals surface area contributed by atoms with Crippen molar-refractivity contribution in [1.29, 1.82) is 0 Å². The van der Waals surface area contributed by atoms with Crippen molar-refractivity contribution >= 4 is 17.0 Å². The molecule has 0 saturated heterocycles. The van der Waals surface area contributed by atoms with Gasteiger partial charge in [0.15, 0.2) is 0 Å². The van der Waals surface area contributed by atoms with Gasteiger partial charge >= 0.3 is 0 Å². The maximum atomic E-state index is 11.0. The fourth-order valence-electron chi connectivity index (χ4n) is 2.39. The van der Waals surface area contributed by atoms with Crippen LogP contribution in [-0.2, 0) is 17.7 Å². The van der Waals surface area contributed by atoms with E-state index in [1.54, 1.807) is 18.2 Å². The number of benzene rings is 2. The molecule has 0 saturated carbocycles. The average Bonchev–Trinajstić information content (AvgIpc) is 2.69. The van der Waals surface area contributed by atoms with E-state index in [1.807, 2.05) is 37.3 Å². The van der Waals surface area contributed by atoms with Crippen LogP contribution in [0, 0.1) is 10.1 Å². The molecule has 28 heavy (non-hydrogen) atoms. The van der Waals surface area contributed by atoms with Gasteiger partial charge in [0.2, 0.25) is 0 Å². The van der Waals surface area contributed by atoms with Gasteiger partial charge in [0.1, 0.15) is 0 Å². The molecule has 0 bridgehead atoms. The smallest absolute Gasteiger partial charge is 0.269 e. The van der Waals surface area contributed by atoms with Crippen molar-refractivity contribution in [2.24, 2.45) is 5.73 Å². The number of rotatable bonds is 9. The quantitative estimate of drug-likeness (QED) is 0.370. The van der Waals surface area contributed by atoms with Crippen LogP contribution in [0.3, 0.4) is 0 Å². The molecule has 9 heteroatoms. The third-order valence-corrected chi connectivity index (χ3v) is 4.60. The molecular formula is C19H26N3O5S-. The van der Waals surface area contributed by atoms with E-state index in [-0.39, 0.29) is 12.2 Å². The lowest BCUT2D eigenvalue weighted by atomic mass is 10.0. The molecule has 8 nitrogen and oxygen atoms in total. The predicted octanol–water partition coefficient (Wildman–Crippen LogP) is 2.02. The summed E-state index contributed by atoms with van der Waals surface area (Å²) in [5, 5.41) is 20.0. The van der Waals surface area contributed by atoms with Crippen LogP contribution in [0.2, 0.25) is 0 Å². The zero-order valence-corrected chi connectivity index (χ0v) is 16.5. The topological polar surface area (TPSA) is 133 Å². The molecule has 0 aromatic heterocycles. The highest BCUT2D eigenvalue weighted by molar-refractivity contribution is 7.76. The van der Waals surface area contributed by atoms with Crippen LogP contribution in [0.1, 0.15) is 18.9 Å². The number of hydrogen-bond acceptors (Lipinski definition) is 6. The molecule has 0 fully saturated rings. The van der Waals surface area contributed by atoms with Gasteiger partial charge in [-0.2, -0.15) is 0 Å². The number of nitrogens with zero attached hydrogens (tertiary/aromatic N) is 2. The van der Waals surface area contributed by atoms with Gasteiger partial charge < -0.3 is 15.4 Å². The van der Waals surface area contributed by atoms with Gasteiger partial charge in [0.05, 0.1) is 11.0 Å². The lowest BCUT2D eigenvalue weighted by molar-refractivity contribution is -0.384. The molecule has 0 heterocycles. The minimum absolute atomic E-state index is 0.0396. The summed E-state index contributed by atoms with van der Waals surface area (Å²) in [4.78, 5) is 9.59. The molecule has 2 aromatic carbocycles. The van der Waals surface area contributed by atoms with E-state index in [1.165, 1.54) is 16.4 Å². The Morgan fingerprint density at radius 3 is 2.11 bits per heavy atom. The number of nitrogens with two attached hydrogens (primary N) is 1. The molecular weight excluding hydrogens is 382 g/mol. The summed E-state index contributed by atoms with van der Waals surface area (Å²) in [5.74, 6) is 0. The van der Waals surface area contributed by atoms with Crippen LogP contribution < -0.4 is 5.73 Å². The molecule has 0 spiro atoms. The molecule has 2 aromatic rings. The molecule has 154 valence electrons. The summed E-state index contributed by atoms with van der Waals surface area (Å²) >= 11 is -2.32. The predicted molar refractivity (Wildman–Crippen MR) is 108 cm³/mol. The second kappa shape index (κ2) is 13.1. The molecule has 0 aliphatic rings. The fraction of sp³-hybridized carbons (Fsp3) is 0.368. The molecule has 3 atom stereocenters. The third kappa shape index (κ3) is 9.16. The summed E-state index contributed by atoms with van der Waals surface area (Å²) < 4.78 is 23.2. The molecule has 3 N–H and O–H groups in total. The van der Waals surface area contributed by atoms with Crippen LogP contribution in [0.25, 0.3) is 0 Å². The van der Waals surface area contributed by atoms with Crippen molar-refractivity contribution in [3.8, 4) is 0 Å². The van der Waals surface area contributed by atoms with Crippen LogP contribution in [0.15, 0.2) is 60.7 Å². The maximum Gasteiger partial charge on any atom is 0.269 e. The Labute approximate surface area is 167 Å². The largest absolute Gasteiger partial charge is 0.760 e. The third-order valence-electron chi connectivity index (χ3n) is 3.85. The Morgan fingerprint density at radius 2 is 1.68 bits per heavy atom. The molecule has 0 amide bonds. The first kappa shape index (κ1) is 23.9. The van der Waals surface area contributed by atoms with Crippen LogP contribution in [0.4, 0.5) is 5.69 Å². The van der Waals surface area contributed by atoms with Crippen molar-refractivity contribution in [2.45, 2.75) is 31.9 Å². The van der Waals surface area contributed by atoms with Crippen LogP contribution in [-0.4, -0.2) is 48.3 Å². The number of non-ortho nitro benzene ring substituents is 1. The van der Waals surface area contributed by atoms with Crippen molar-refractivity contribution in [3.63, 3.8) is 0 Å². The van der Waals surface area contributed by atoms with E-state index in [2.05, 4.69) is 0 Å². The van der Waals surface area contributed by atoms with Crippen molar-refractivity contribution in [3.05, 3.63) is 76.3 Å². The van der Waals surface area contributed by atoms with Gasteiger partial charge in [-0.3, -0.25) is 14.3 Å². The van der Waals surface area contributed by atoms with Gasteiger partial charge in [0, 0.05) is 42.5 Å². The lowest BCUT2D eigenvalue weighted by Gasteiger charge is -2.28. The average molecular weight is 409 g/mol. The normalized spacial score (nSPS) is 13.9. The summed E-state index contributed by atoms with van der Waals surface area (Å²) in [6.07, 6.45) is 0.354. The molecule has 1 unspecified atom stereocenters. The number of aliphatic hydroxyl groups is 1. The number of nitro groups is 1. The maximum absolute atomic E-state index is 11.0. The van der Waals surface area contributed by atoms with Crippen LogP contribution in [0.5, 0.6) is 0 Å². The van der Waals surface area contributed by atoms with Gasteiger partial charge in [-0.15, -0.1) is 0 Å². The minimum atomic E-state index is -2.32. The summed E-state index contributed by atoms with van der Waals surface area (Å²) in [6.45, 7) is 2.32. The SMILES string of the molecule is CCCN(C[C@@H](O)[C@@H](N)Cc1ccccc1)S(=O)[O-].O=[N+]([O-])c1ccccc1. The number of hydrogen-bond donors (Lipinski definition) is 2. The second-order valence-corrected chi connectivity index (χ2v) is 7.07. The molecule has 0 radical (unpaired) electrons. The molecule has 0 aliphatic carbocycles. The summed E-state index contributed by atoms with van der Waals surface area (Å²) in [7, 11) is 0. The van der Waals surface area contributed by atoms with E-state index in [0.717, 1.165) is 5.56 Å². The van der Waals surface area contributed by atoms with Gasteiger partial charge in [-0.05, 0) is 18.4 Å². The van der Waals surface area contributed by atoms with Gasteiger partial charge in [0.25, 0.3) is 5.69 Å². The monoisotopic (exact) mass is 408 g/mol. The van der Waals surface area contributed by atoms with E-state index < -0.39 is 28.3 Å². The molecule has 2 rings (SSSR count). The highest BCUT2D eigenvalue weighted by Crippen LogP contribution is 2.08. The van der Waals surface area contributed by atoms with Crippen molar-refractivity contribution < 1.29 is 18.8 Å². The second-order valence-electron chi connectivity index (χ2n) is 6.12. The zero-order chi connectivity index (χ0) is 20.9. The first-order valence-electron chi connectivity index (χ1n) is 8.86. The standard InChI is InChI=1S/C13H22N2O3S.C6H5NO2/c1-2-8-15(19(17)18)10-13(16)12(14)9-11-6-4-3-5-7-11;8-7(9)6-4-2-1-3-5-6/h3-7,12-13,16H,2,8-10,14H2,1H3,(H,17,18);1-5H/p-1/t12-,13+;/m0./s1. The fourth-order valence-corrected chi connectivity index (χ4v) is 3.00. The van der Waals surface area contributed by atoms with Crippen LogP contribution >= 0.6 is 0 Å². The lowest BCUT2D eigenvalue weighted by Crippen LogP contribution is -2.45. The van der Waals surface area contributed by atoms with Crippen molar-refractivity contribution in [2.75, 3.05) is 13.1 Å².